The van der Waals surface area contributed by atoms with Gasteiger partial charge in [-0.15, -0.1) is 0 Å². The van der Waals surface area contributed by atoms with Crippen LogP contribution in [0.2, 0.25) is 0 Å². The van der Waals surface area contributed by atoms with Crippen molar-refractivity contribution < 1.29 is 33.8 Å². The second kappa shape index (κ2) is 10.7. The molecule has 180 valence electrons. The van der Waals surface area contributed by atoms with Gasteiger partial charge in [0.05, 0.1) is 12.9 Å². The maximum absolute atomic E-state index is 11.0. The van der Waals surface area contributed by atoms with Crippen LogP contribution in [0.3, 0.4) is 0 Å². The van der Waals surface area contributed by atoms with E-state index in [0.717, 1.165) is 18.7 Å². The standard InChI is InChI=1S/C17H29N6O7PS/c1-4-7-32-17-20-14(18-5-6-22(2)3)11-15(21-17)23(9-19-11)16-13(25)12(24)10(30-16)8-29-31(26,27)28/h9-10,12-13,16,24-25H,4-8H2,1-3H3,(H,18,20,21)(H2,26,27,28)/t10-,12-,13-,16-/m1/s1. The fourth-order valence-corrected chi connectivity index (χ4v) is 4.16. The van der Waals surface area contributed by atoms with E-state index in [0.29, 0.717) is 28.7 Å². The number of aliphatic hydroxyl groups excluding tert-OH is 2. The number of ether oxygens (including phenoxy) is 1. The molecule has 1 aliphatic rings. The Morgan fingerprint density at radius 2 is 2.06 bits per heavy atom. The fraction of sp³-hybridized carbons (Fsp3) is 0.706. The van der Waals surface area contributed by atoms with Gasteiger partial charge in [-0.25, -0.2) is 19.5 Å². The number of aromatic nitrogens is 4. The third-order valence-electron chi connectivity index (χ3n) is 4.71. The van der Waals surface area contributed by atoms with E-state index in [-0.39, 0.29) is 0 Å². The molecule has 0 radical (unpaired) electrons. The van der Waals surface area contributed by atoms with Crippen LogP contribution in [0.25, 0.3) is 11.2 Å². The van der Waals surface area contributed by atoms with Crippen molar-refractivity contribution in [3.8, 4) is 0 Å². The first-order valence-corrected chi connectivity index (χ1v) is 12.6. The average Bonchev–Trinajstić information content (AvgIpc) is 3.25. The SMILES string of the molecule is CCCSc1nc(NCCN(C)C)c2ncn([C@@H]3O[C@H](COP(=O)(O)O)[C@@H](O)[C@H]3O)c2n1. The Morgan fingerprint density at radius 3 is 2.72 bits per heavy atom. The van der Waals surface area contributed by atoms with E-state index < -0.39 is 39.0 Å². The summed E-state index contributed by atoms with van der Waals surface area (Å²) in [5.41, 5.74) is 0.878. The summed E-state index contributed by atoms with van der Waals surface area (Å²) in [4.78, 5) is 33.3. The Bertz CT molecular complexity index is 957. The molecule has 0 amide bonds. The number of imidazole rings is 1. The van der Waals surface area contributed by atoms with Gasteiger partial charge in [0.25, 0.3) is 0 Å². The molecule has 2 aromatic rings. The summed E-state index contributed by atoms with van der Waals surface area (Å²) in [6, 6.07) is 0. The van der Waals surface area contributed by atoms with Crippen molar-refractivity contribution >= 4 is 36.6 Å². The number of hydrogen-bond donors (Lipinski definition) is 5. The second-order valence-electron chi connectivity index (χ2n) is 7.59. The van der Waals surface area contributed by atoms with Gasteiger partial charge in [-0.1, -0.05) is 18.7 Å². The molecule has 0 spiro atoms. The summed E-state index contributed by atoms with van der Waals surface area (Å²) in [5, 5.41) is 24.6. The number of hydrogen-bond acceptors (Lipinski definition) is 11. The minimum Gasteiger partial charge on any atom is -0.387 e. The normalized spacial score (nSPS) is 24.0. The number of rotatable bonds is 11. The van der Waals surface area contributed by atoms with Crippen molar-refractivity contribution in [1.82, 2.24) is 24.4 Å². The average molecular weight is 492 g/mol. The molecule has 1 fully saturated rings. The smallest absolute Gasteiger partial charge is 0.387 e. The summed E-state index contributed by atoms with van der Waals surface area (Å²) in [7, 11) is -0.825. The van der Waals surface area contributed by atoms with E-state index in [2.05, 4.69) is 31.7 Å². The molecule has 1 aliphatic heterocycles. The van der Waals surface area contributed by atoms with Gasteiger partial charge in [-0.3, -0.25) is 9.09 Å². The van der Waals surface area contributed by atoms with Crippen LogP contribution in [0.15, 0.2) is 11.5 Å². The monoisotopic (exact) mass is 492 g/mol. The molecule has 32 heavy (non-hydrogen) atoms. The van der Waals surface area contributed by atoms with E-state index >= 15 is 0 Å². The Hall–Kier alpha value is -1.35. The lowest BCUT2D eigenvalue weighted by Crippen LogP contribution is -2.33. The molecule has 5 N–H and O–H groups in total. The van der Waals surface area contributed by atoms with Crippen LogP contribution in [0, 0.1) is 0 Å². The largest absolute Gasteiger partial charge is 0.469 e. The van der Waals surface area contributed by atoms with Crippen LogP contribution in [0.4, 0.5) is 5.82 Å². The van der Waals surface area contributed by atoms with E-state index in [1.54, 1.807) is 0 Å². The lowest BCUT2D eigenvalue weighted by molar-refractivity contribution is -0.0504. The lowest BCUT2D eigenvalue weighted by atomic mass is 10.1. The zero-order chi connectivity index (χ0) is 23.5. The van der Waals surface area contributed by atoms with Gasteiger partial charge in [-0.05, 0) is 20.5 Å². The molecule has 2 aromatic heterocycles. The summed E-state index contributed by atoms with van der Waals surface area (Å²) >= 11 is 1.48. The first-order valence-electron chi connectivity index (χ1n) is 10.1. The van der Waals surface area contributed by atoms with Crippen LogP contribution < -0.4 is 5.32 Å². The number of nitrogens with zero attached hydrogens (tertiary/aromatic N) is 5. The highest BCUT2D eigenvalue weighted by atomic mass is 32.2. The second-order valence-corrected chi connectivity index (χ2v) is 9.89. The molecule has 0 unspecified atom stereocenters. The zero-order valence-electron chi connectivity index (χ0n) is 18.0. The van der Waals surface area contributed by atoms with E-state index in [1.807, 2.05) is 19.0 Å². The molecule has 0 bridgehead atoms. The molecule has 3 heterocycles. The number of phosphoric ester groups is 1. The van der Waals surface area contributed by atoms with Crippen molar-refractivity contribution in [2.45, 2.75) is 43.0 Å². The summed E-state index contributed by atoms with van der Waals surface area (Å²) < 4.78 is 22.6. The van der Waals surface area contributed by atoms with Crippen LogP contribution in [0.1, 0.15) is 19.6 Å². The van der Waals surface area contributed by atoms with Gasteiger partial charge < -0.3 is 35.0 Å². The molecule has 1 saturated heterocycles. The molecule has 3 rings (SSSR count). The number of likely N-dealkylation sites (N-methyl/N-ethyl adjacent to an activating group) is 1. The molecule has 0 saturated carbocycles. The number of aliphatic hydroxyl groups is 2. The van der Waals surface area contributed by atoms with Gasteiger partial charge in [0.1, 0.15) is 18.3 Å². The minimum atomic E-state index is -4.75. The molecular formula is C17H29N6O7PS. The quantitative estimate of drug-likeness (QED) is 0.161. The molecular weight excluding hydrogens is 463 g/mol. The number of nitrogens with one attached hydrogen (secondary N) is 1. The van der Waals surface area contributed by atoms with Crippen molar-refractivity contribution in [1.29, 1.82) is 0 Å². The van der Waals surface area contributed by atoms with Gasteiger partial charge in [0.15, 0.2) is 28.4 Å². The van der Waals surface area contributed by atoms with Crippen molar-refractivity contribution in [2.24, 2.45) is 0 Å². The third-order valence-corrected chi connectivity index (χ3v) is 6.24. The summed E-state index contributed by atoms with van der Waals surface area (Å²) in [6.45, 7) is 2.87. The fourth-order valence-electron chi connectivity index (χ4n) is 3.13. The minimum absolute atomic E-state index is 0.402. The Morgan fingerprint density at radius 1 is 1.31 bits per heavy atom. The van der Waals surface area contributed by atoms with E-state index in [1.165, 1.54) is 22.7 Å². The Kier molecular flexibility index (Phi) is 8.47. The molecule has 0 aromatic carbocycles. The molecule has 4 atom stereocenters. The van der Waals surface area contributed by atoms with Crippen LogP contribution in [-0.2, 0) is 13.8 Å². The number of phosphoric acid groups is 1. The first-order chi connectivity index (χ1) is 15.1. The number of thioether (sulfide) groups is 1. The molecule has 13 nitrogen and oxygen atoms in total. The number of fused-ring (bicyclic) bond motifs is 1. The highest BCUT2D eigenvalue weighted by molar-refractivity contribution is 7.99. The Balaban J connectivity index is 1.89. The van der Waals surface area contributed by atoms with Crippen molar-refractivity contribution in [2.75, 3.05) is 44.9 Å². The van der Waals surface area contributed by atoms with Gasteiger partial charge >= 0.3 is 7.82 Å². The van der Waals surface area contributed by atoms with Crippen molar-refractivity contribution in [3.63, 3.8) is 0 Å². The predicted molar refractivity (Wildman–Crippen MR) is 117 cm³/mol. The first kappa shape index (κ1) is 25.3. The van der Waals surface area contributed by atoms with Gasteiger partial charge in [0.2, 0.25) is 0 Å². The van der Waals surface area contributed by atoms with Crippen LogP contribution in [0.5, 0.6) is 0 Å². The molecule has 15 heteroatoms. The molecule has 0 aliphatic carbocycles. The van der Waals surface area contributed by atoms with Gasteiger partial charge in [-0.2, -0.15) is 0 Å². The van der Waals surface area contributed by atoms with Crippen molar-refractivity contribution in [3.05, 3.63) is 6.33 Å². The summed E-state index contributed by atoms with van der Waals surface area (Å²) in [5.74, 6) is 1.36. The summed E-state index contributed by atoms with van der Waals surface area (Å²) in [6.07, 6.45) is -2.66. The van der Waals surface area contributed by atoms with Crippen LogP contribution in [-0.4, -0.2) is 102 Å². The third kappa shape index (κ3) is 6.16. The number of anilines is 1. The van der Waals surface area contributed by atoms with Gasteiger partial charge in [0, 0.05) is 18.8 Å². The maximum Gasteiger partial charge on any atom is 0.469 e. The lowest BCUT2D eigenvalue weighted by Gasteiger charge is -2.17. The maximum atomic E-state index is 11.0. The van der Waals surface area contributed by atoms with E-state index in [9.17, 15) is 14.8 Å². The Labute approximate surface area is 189 Å². The highest BCUT2D eigenvalue weighted by Gasteiger charge is 2.45. The van der Waals surface area contributed by atoms with Crippen LogP contribution >= 0.6 is 19.6 Å². The topological polar surface area (TPSA) is 175 Å². The predicted octanol–water partition coefficient (Wildman–Crippen LogP) is 0.0304. The zero-order valence-corrected chi connectivity index (χ0v) is 19.7. The highest BCUT2D eigenvalue weighted by Crippen LogP contribution is 2.39. The van der Waals surface area contributed by atoms with E-state index in [4.69, 9.17) is 14.5 Å².